The van der Waals surface area contributed by atoms with Gasteiger partial charge in [-0.25, -0.2) is 13.6 Å². The fraction of sp³-hybridized carbons (Fsp3) is 0.391. The summed E-state index contributed by atoms with van der Waals surface area (Å²) < 4.78 is 26.7. The molecule has 160 valence electrons. The van der Waals surface area contributed by atoms with E-state index in [0.29, 0.717) is 36.4 Å². The summed E-state index contributed by atoms with van der Waals surface area (Å²) >= 11 is 0. The van der Waals surface area contributed by atoms with E-state index in [1.807, 2.05) is 26.8 Å². The molecule has 0 unspecified atom stereocenters. The molecule has 0 aromatic heterocycles. The van der Waals surface area contributed by atoms with Crippen LogP contribution in [0.1, 0.15) is 39.2 Å². The first kappa shape index (κ1) is 21.7. The monoisotopic (exact) mass is 415 g/mol. The number of amides is 3. The first-order valence-corrected chi connectivity index (χ1v) is 10.0. The lowest BCUT2D eigenvalue weighted by atomic mass is 9.92. The molecule has 0 aliphatic carbocycles. The molecule has 1 aliphatic heterocycles. The number of hydrogen-bond acceptors (Lipinski definition) is 2. The van der Waals surface area contributed by atoms with Gasteiger partial charge < -0.3 is 10.2 Å². The van der Waals surface area contributed by atoms with Gasteiger partial charge in [0, 0.05) is 37.4 Å². The molecule has 3 rings (SSSR count). The number of nitrogens with one attached hydrogen (secondary N) is 1. The maximum Gasteiger partial charge on any atom is 0.324 e. The molecule has 1 N–H and O–H groups in total. The maximum atomic E-state index is 13.5. The Labute approximate surface area is 175 Å². The second-order valence-electron chi connectivity index (χ2n) is 8.79. The Hall–Kier alpha value is -2.96. The summed E-state index contributed by atoms with van der Waals surface area (Å²) in [6, 6.07) is 10.6. The summed E-state index contributed by atoms with van der Waals surface area (Å²) in [5.74, 6) is -1.91. The van der Waals surface area contributed by atoms with E-state index >= 15 is 0 Å². The summed E-state index contributed by atoms with van der Waals surface area (Å²) in [5, 5.41) is 2.89. The summed E-state index contributed by atoms with van der Waals surface area (Å²) in [6.07, 6.45) is 1.14. The molecule has 30 heavy (non-hydrogen) atoms. The van der Waals surface area contributed by atoms with Gasteiger partial charge in [-0.2, -0.15) is 0 Å². The van der Waals surface area contributed by atoms with Crippen molar-refractivity contribution in [3.05, 3.63) is 59.7 Å². The van der Waals surface area contributed by atoms with E-state index in [1.165, 1.54) is 6.07 Å². The topological polar surface area (TPSA) is 52.7 Å². The van der Waals surface area contributed by atoms with Gasteiger partial charge in [-0.3, -0.25) is 9.69 Å². The van der Waals surface area contributed by atoms with Crippen LogP contribution in [0.15, 0.2) is 42.5 Å². The average molecular weight is 415 g/mol. The van der Waals surface area contributed by atoms with E-state index in [1.54, 1.807) is 28.0 Å². The smallest absolute Gasteiger partial charge is 0.324 e. The highest BCUT2D eigenvalue weighted by Gasteiger charge is 2.27. The van der Waals surface area contributed by atoms with Crippen LogP contribution in [-0.2, 0) is 11.3 Å². The zero-order chi connectivity index (χ0) is 21.9. The lowest BCUT2D eigenvalue weighted by Gasteiger charge is -2.36. The Morgan fingerprint density at radius 3 is 2.53 bits per heavy atom. The van der Waals surface area contributed by atoms with Gasteiger partial charge in [-0.05, 0) is 47.7 Å². The summed E-state index contributed by atoms with van der Waals surface area (Å²) in [5.41, 5.74) is 1.73. The Morgan fingerprint density at radius 2 is 1.83 bits per heavy atom. The van der Waals surface area contributed by atoms with Crippen molar-refractivity contribution < 1.29 is 18.4 Å². The van der Waals surface area contributed by atoms with Crippen molar-refractivity contribution in [3.8, 4) is 0 Å². The van der Waals surface area contributed by atoms with Crippen molar-refractivity contribution in [2.45, 2.75) is 40.2 Å². The molecule has 0 spiro atoms. The van der Waals surface area contributed by atoms with Gasteiger partial charge in [0.1, 0.15) is 0 Å². The van der Waals surface area contributed by atoms with Gasteiger partial charge in [0.05, 0.1) is 0 Å². The van der Waals surface area contributed by atoms with Gasteiger partial charge >= 0.3 is 6.03 Å². The molecule has 1 aliphatic rings. The molecule has 2 aromatic rings. The molecule has 7 heteroatoms. The van der Waals surface area contributed by atoms with Crippen LogP contribution in [0.5, 0.6) is 0 Å². The van der Waals surface area contributed by atoms with Gasteiger partial charge in [-0.15, -0.1) is 0 Å². The van der Waals surface area contributed by atoms with Crippen LogP contribution >= 0.6 is 0 Å². The van der Waals surface area contributed by atoms with Crippen molar-refractivity contribution in [3.63, 3.8) is 0 Å². The fourth-order valence-electron chi connectivity index (χ4n) is 3.46. The Bertz CT molecular complexity index is 940. The van der Waals surface area contributed by atoms with Gasteiger partial charge in [-0.1, -0.05) is 32.9 Å². The van der Waals surface area contributed by atoms with Crippen LogP contribution in [0.2, 0.25) is 0 Å². The number of anilines is 2. The van der Waals surface area contributed by atoms with Crippen LogP contribution in [0.25, 0.3) is 0 Å². The fourth-order valence-corrected chi connectivity index (χ4v) is 3.46. The second-order valence-corrected chi connectivity index (χ2v) is 8.79. The molecule has 3 amide bonds. The molecule has 1 fully saturated rings. The van der Waals surface area contributed by atoms with E-state index in [4.69, 9.17) is 0 Å². The third kappa shape index (κ3) is 5.55. The van der Waals surface area contributed by atoms with Crippen LogP contribution < -0.4 is 10.2 Å². The number of hydrogen-bond donors (Lipinski definition) is 1. The SMILES string of the molecule is CC(C)(C)CC(=O)Nc1cccc(N2CCCN(Cc3ccc(F)c(F)c3)C2=O)c1. The minimum Gasteiger partial charge on any atom is -0.326 e. The largest absolute Gasteiger partial charge is 0.326 e. The van der Waals surface area contributed by atoms with E-state index in [9.17, 15) is 18.4 Å². The third-order valence-electron chi connectivity index (χ3n) is 4.80. The molecule has 1 heterocycles. The predicted octanol–water partition coefficient (Wildman–Crippen LogP) is 5.17. The highest BCUT2D eigenvalue weighted by Crippen LogP contribution is 2.26. The highest BCUT2D eigenvalue weighted by atomic mass is 19.2. The van der Waals surface area contributed by atoms with Crippen LogP contribution in [0, 0.1) is 17.0 Å². The Morgan fingerprint density at radius 1 is 1.07 bits per heavy atom. The first-order chi connectivity index (χ1) is 14.1. The van der Waals surface area contributed by atoms with Gasteiger partial charge in [0.15, 0.2) is 11.6 Å². The number of carbonyl (C=O) groups is 2. The number of benzene rings is 2. The van der Waals surface area contributed by atoms with E-state index in [-0.39, 0.29) is 23.9 Å². The number of rotatable bonds is 5. The minimum atomic E-state index is -0.924. The number of halogens is 2. The zero-order valence-corrected chi connectivity index (χ0v) is 17.5. The number of urea groups is 1. The molecule has 2 aromatic carbocycles. The Kier molecular flexibility index (Phi) is 6.39. The first-order valence-electron chi connectivity index (χ1n) is 10.0. The third-order valence-corrected chi connectivity index (χ3v) is 4.80. The Balaban J connectivity index is 1.71. The summed E-state index contributed by atoms with van der Waals surface area (Å²) in [4.78, 5) is 28.5. The molecular formula is C23H27F2N3O2. The average Bonchev–Trinajstić information content (AvgIpc) is 2.65. The second kappa shape index (κ2) is 8.81. The molecule has 1 saturated heterocycles. The highest BCUT2D eigenvalue weighted by molar-refractivity contribution is 5.95. The van der Waals surface area contributed by atoms with E-state index in [2.05, 4.69) is 5.32 Å². The van der Waals surface area contributed by atoms with Crippen LogP contribution in [0.4, 0.5) is 25.0 Å². The van der Waals surface area contributed by atoms with Crippen LogP contribution in [-0.4, -0.2) is 29.9 Å². The van der Waals surface area contributed by atoms with Crippen LogP contribution in [0.3, 0.4) is 0 Å². The molecule has 0 saturated carbocycles. The van der Waals surface area contributed by atoms with Crippen molar-refractivity contribution in [1.82, 2.24) is 4.90 Å². The predicted molar refractivity (Wildman–Crippen MR) is 113 cm³/mol. The maximum absolute atomic E-state index is 13.5. The van der Waals surface area contributed by atoms with E-state index in [0.717, 1.165) is 18.6 Å². The molecular weight excluding hydrogens is 388 g/mol. The van der Waals surface area contributed by atoms with Crippen molar-refractivity contribution in [2.75, 3.05) is 23.3 Å². The number of carbonyl (C=O) groups excluding carboxylic acids is 2. The quantitative estimate of drug-likeness (QED) is 0.732. The summed E-state index contributed by atoms with van der Waals surface area (Å²) in [6.45, 7) is 7.28. The van der Waals surface area contributed by atoms with Gasteiger partial charge in [0.25, 0.3) is 0 Å². The lowest BCUT2D eigenvalue weighted by molar-refractivity contribution is -0.117. The number of nitrogens with zero attached hydrogens (tertiary/aromatic N) is 2. The molecule has 5 nitrogen and oxygen atoms in total. The standard InChI is InChI=1S/C23H27F2N3O2/c1-23(2,3)14-21(29)26-17-6-4-7-18(13-17)28-11-5-10-27(22(28)30)15-16-8-9-19(24)20(25)12-16/h4,6-9,12-13H,5,10-11,14-15H2,1-3H3,(H,26,29). The molecule has 0 bridgehead atoms. The van der Waals surface area contributed by atoms with Crippen molar-refractivity contribution >= 4 is 23.3 Å². The van der Waals surface area contributed by atoms with Gasteiger partial charge in [0.2, 0.25) is 5.91 Å². The van der Waals surface area contributed by atoms with E-state index < -0.39 is 11.6 Å². The van der Waals surface area contributed by atoms with Crippen molar-refractivity contribution in [1.29, 1.82) is 0 Å². The normalized spacial score (nSPS) is 14.8. The molecule has 0 atom stereocenters. The van der Waals surface area contributed by atoms with Crippen molar-refractivity contribution in [2.24, 2.45) is 5.41 Å². The lowest BCUT2D eigenvalue weighted by Crippen LogP contribution is -2.49. The minimum absolute atomic E-state index is 0.0791. The molecule has 0 radical (unpaired) electrons. The zero-order valence-electron chi connectivity index (χ0n) is 17.5. The summed E-state index contributed by atoms with van der Waals surface area (Å²) in [7, 11) is 0.